The third-order valence-electron chi connectivity index (χ3n) is 6.61. The lowest BCUT2D eigenvalue weighted by molar-refractivity contribution is 0.0694. The first kappa shape index (κ1) is 21.6. The molecular weight excluding hydrogens is 356 g/mol. The second kappa shape index (κ2) is 10.6. The lowest BCUT2D eigenvalue weighted by Gasteiger charge is -2.32. The standard InChI is InChI=1S/C27H36O2/c1-3-5-7-11-20-14-16-23(17-15-20)26-24(27(28)29)19-18-21(10-4-2)25(26)22-12-8-6-9-13-22/h6,8-9,12-13,18-20,23H,3-5,7,10-11,14-17H2,1-2H3,(H,28,29)/t20-,23-. The average Bonchev–Trinajstić information content (AvgIpc) is 2.75. The first-order valence-electron chi connectivity index (χ1n) is 11.6. The van der Waals surface area contributed by atoms with Crippen molar-refractivity contribution in [2.24, 2.45) is 5.92 Å². The number of carboxylic acid groups (broad SMARTS) is 1. The lowest BCUT2D eigenvalue weighted by atomic mass is 9.73. The van der Waals surface area contributed by atoms with Gasteiger partial charge in [0, 0.05) is 0 Å². The van der Waals surface area contributed by atoms with Gasteiger partial charge in [-0.15, -0.1) is 0 Å². The summed E-state index contributed by atoms with van der Waals surface area (Å²) in [6.07, 6.45) is 12.1. The number of carbonyl (C=O) groups is 1. The molecule has 29 heavy (non-hydrogen) atoms. The quantitative estimate of drug-likeness (QED) is 0.441. The number of unbranched alkanes of at least 4 members (excludes halogenated alkanes) is 2. The highest BCUT2D eigenvalue weighted by atomic mass is 16.4. The molecule has 0 saturated heterocycles. The Kier molecular flexibility index (Phi) is 7.91. The molecular formula is C27H36O2. The fraction of sp³-hybridized carbons (Fsp3) is 0.519. The molecule has 0 bridgehead atoms. The summed E-state index contributed by atoms with van der Waals surface area (Å²) in [5, 5.41) is 9.98. The van der Waals surface area contributed by atoms with Crippen LogP contribution >= 0.6 is 0 Å². The molecule has 3 rings (SSSR count). The number of aromatic carboxylic acids is 1. The molecule has 2 aromatic carbocycles. The van der Waals surface area contributed by atoms with E-state index in [0.29, 0.717) is 11.5 Å². The monoisotopic (exact) mass is 392 g/mol. The zero-order valence-electron chi connectivity index (χ0n) is 18.1. The van der Waals surface area contributed by atoms with Crippen LogP contribution in [0.25, 0.3) is 11.1 Å². The Balaban J connectivity index is 1.96. The molecule has 2 aromatic rings. The van der Waals surface area contributed by atoms with Crippen molar-refractivity contribution >= 4 is 5.97 Å². The normalized spacial score (nSPS) is 19.2. The van der Waals surface area contributed by atoms with Gasteiger partial charge < -0.3 is 5.11 Å². The minimum Gasteiger partial charge on any atom is -0.478 e. The Bertz CT molecular complexity index is 786. The molecule has 0 radical (unpaired) electrons. The van der Waals surface area contributed by atoms with Crippen molar-refractivity contribution in [1.29, 1.82) is 0 Å². The topological polar surface area (TPSA) is 37.3 Å². The predicted molar refractivity (Wildman–Crippen MR) is 122 cm³/mol. The molecule has 1 fully saturated rings. The van der Waals surface area contributed by atoms with Gasteiger partial charge >= 0.3 is 5.97 Å². The molecule has 0 atom stereocenters. The van der Waals surface area contributed by atoms with Gasteiger partial charge in [-0.05, 0) is 72.3 Å². The Labute approximate surface area is 176 Å². The van der Waals surface area contributed by atoms with E-state index in [1.165, 1.54) is 55.2 Å². The number of hydrogen-bond acceptors (Lipinski definition) is 1. The lowest BCUT2D eigenvalue weighted by Crippen LogP contribution is -2.17. The largest absolute Gasteiger partial charge is 0.478 e. The molecule has 0 aromatic heterocycles. The van der Waals surface area contributed by atoms with Crippen LogP contribution in [0.4, 0.5) is 0 Å². The van der Waals surface area contributed by atoms with E-state index >= 15 is 0 Å². The van der Waals surface area contributed by atoms with E-state index in [-0.39, 0.29) is 0 Å². The van der Waals surface area contributed by atoms with Crippen LogP contribution in [-0.2, 0) is 6.42 Å². The molecule has 1 N–H and O–H groups in total. The number of aryl methyl sites for hydroxylation is 1. The minimum absolute atomic E-state index is 0.357. The van der Waals surface area contributed by atoms with E-state index in [4.69, 9.17) is 0 Å². The smallest absolute Gasteiger partial charge is 0.335 e. The van der Waals surface area contributed by atoms with Gasteiger partial charge in [-0.1, -0.05) is 82.3 Å². The fourth-order valence-corrected chi connectivity index (χ4v) is 5.12. The van der Waals surface area contributed by atoms with Crippen LogP contribution in [0.15, 0.2) is 42.5 Å². The van der Waals surface area contributed by atoms with Gasteiger partial charge in [0.2, 0.25) is 0 Å². The Morgan fingerprint density at radius 2 is 1.66 bits per heavy atom. The summed E-state index contributed by atoms with van der Waals surface area (Å²) < 4.78 is 0. The van der Waals surface area contributed by atoms with Crippen molar-refractivity contribution < 1.29 is 9.90 Å². The molecule has 1 aliphatic rings. The fourth-order valence-electron chi connectivity index (χ4n) is 5.12. The van der Waals surface area contributed by atoms with E-state index in [0.717, 1.165) is 37.2 Å². The molecule has 0 heterocycles. The van der Waals surface area contributed by atoms with Gasteiger partial charge in [0.05, 0.1) is 5.56 Å². The van der Waals surface area contributed by atoms with E-state index in [1.54, 1.807) is 0 Å². The van der Waals surface area contributed by atoms with E-state index in [9.17, 15) is 9.90 Å². The van der Waals surface area contributed by atoms with Crippen LogP contribution in [0.3, 0.4) is 0 Å². The highest BCUT2D eigenvalue weighted by Gasteiger charge is 2.29. The summed E-state index contributed by atoms with van der Waals surface area (Å²) in [6.45, 7) is 4.46. The molecule has 0 aliphatic heterocycles. The molecule has 0 amide bonds. The van der Waals surface area contributed by atoms with Gasteiger partial charge in [-0.2, -0.15) is 0 Å². The summed E-state index contributed by atoms with van der Waals surface area (Å²) in [5.41, 5.74) is 5.27. The number of benzene rings is 2. The van der Waals surface area contributed by atoms with Crippen molar-refractivity contribution in [2.45, 2.75) is 84.0 Å². The van der Waals surface area contributed by atoms with Crippen LogP contribution in [0.1, 0.15) is 99.0 Å². The van der Waals surface area contributed by atoms with E-state index in [2.05, 4.69) is 44.2 Å². The number of rotatable bonds is 9. The molecule has 1 saturated carbocycles. The summed E-state index contributed by atoms with van der Waals surface area (Å²) in [5.74, 6) is 0.394. The maximum Gasteiger partial charge on any atom is 0.335 e. The van der Waals surface area contributed by atoms with E-state index < -0.39 is 5.97 Å². The van der Waals surface area contributed by atoms with Crippen molar-refractivity contribution in [3.63, 3.8) is 0 Å². The molecule has 2 heteroatoms. The van der Waals surface area contributed by atoms with Crippen LogP contribution in [0.2, 0.25) is 0 Å². The zero-order chi connectivity index (χ0) is 20.6. The third-order valence-corrected chi connectivity index (χ3v) is 6.61. The second-order valence-corrected chi connectivity index (χ2v) is 8.70. The second-order valence-electron chi connectivity index (χ2n) is 8.70. The van der Waals surface area contributed by atoms with Crippen molar-refractivity contribution in [1.82, 2.24) is 0 Å². The number of hydrogen-bond donors (Lipinski definition) is 1. The van der Waals surface area contributed by atoms with Crippen LogP contribution in [-0.4, -0.2) is 11.1 Å². The maximum atomic E-state index is 12.2. The first-order valence-corrected chi connectivity index (χ1v) is 11.6. The van der Waals surface area contributed by atoms with Crippen LogP contribution < -0.4 is 0 Å². The Morgan fingerprint density at radius 1 is 0.931 bits per heavy atom. The number of carboxylic acids is 1. The van der Waals surface area contributed by atoms with Gasteiger partial charge in [-0.3, -0.25) is 0 Å². The van der Waals surface area contributed by atoms with Crippen molar-refractivity contribution in [3.05, 3.63) is 59.2 Å². The summed E-state index contributed by atoms with van der Waals surface area (Å²) in [6, 6.07) is 14.3. The van der Waals surface area contributed by atoms with Crippen LogP contribution in [0.5, 0.6) is 0 Å². The predicted octanol–water partition coefficient (Wildman–Crippen LogP) is 7.86. The van der Waals surface area contributed by atoms with Gasteiger partial charge in [-0.25, -0.2) is 4.79 Å². The van der Waals surface area contributed by atoms with Gasteiger partial charge in [0.15, 0.2) is 0 Å². The van der Waals surface area contributed by atoms with Crippen molar-refractivity contribution in [2.75, 3.05) is 0 Å². The highest BCUT2D eigenvalue weighted by Crippen LogP contribution is 2.44. The Hall–Kier alpha value is -2.09. The molecule has 1 aliphatic carbocycles. The summed E-state index contributed by atoms with van der Waals surface area (Å²) in [7, 11) is 0. The highest BCUT2D eigenvalue weighted by molar-refractivity contribution is 5.93. The van der Waals surface area contributed by atoms with Crippen molar-refractivity contribution in [3.8, 4) is 11.1 Å². The Morgan fingerprint density at radius 3 is 2.28 bits per heavy atom. The zero-order valence-corrected chi connectivity index (χ0v) is 18.1. The maximum absolute atomic E-state index is 12.2. The first-order chi connectivity index (χ1) is 14.2. The third kappa shape index (κ3) is 5.29. The van der Waals surface area contributed by atoms with Gasteiger partial charge in [0.25, 0.3) is 0 Å². The SMILES string of the molecule is CCCCC[C@H]1CC[C@H](c2c(C(=O)O)ccc(CCC)c2-c2ccccc2)CC1. The minimum atomic E-state index is -0.787. The van der Waals surface area contributed by atoms with Crippen LogP contribution in [0, 0.1) is 5.92 Å². The van der Waals surface area contributed by atoms with E-state index in [1.807, 2.05) is 12.1 Å². The molecule has 156 valence electrons. The molecule has 2 nitrogen and oxygen atoms in total. The summed E-state index contributed by atoms with van der Waals surface area (Å²) >= 11 is 0. The summed E-state index contributed by atoms with van der Waals surface area (Å²) in [4.78, 5) is 12.2. The average molecular weight is 393 g/mol. The molecule has 0 spiro atoms. The van der Waals surface area contributed by atoms with Gasteiger partial charge in [0.1, 0.15) is 0 Å². The molecule has 0 unspecified atom stereocenters.